The highest BCUT2D eigenvalue weighted by molar-refractivity contribution is 5.87. The number of aromatic hydroxyl groups is 1. The zero-order valence-electron chi connectivity index (χ0n) is 8.84. The van der Waals surface area contributed by atoms with Crippen LogP contribution in [0.5, 0.6) is 5.75 Å². The lowest BCUT2D eigenvalue weighted by atomic mass is 10.1. The second kappa shape index (κ2) is 5.27. The van der Waals surface area contributed by atoms with E-state index >= 15 is 0 Å². The van der Waals surface area contributed by atoms with Crippen LogP contribution in [0.4, 0.5) is 0 Å². The van der Waals surface area contributed by atoms with Crippen LogP contribution in [0.3, 0.4) is 0 Å². The monoisotopic (exact) mass is 223 g/mol. The molecule has 0 aliphatic rings. The number of benzene rings is 1. The number of hydrogen-bond donors (Lipinski definition) is 2. The molecule has 1 rings (SSSR count). The van der Waals surface area contributed by atoms with E-state index < -0.39 is 18.0 Å². The van der Waals surface area contributed by atoms with Gasteiger partial charge in [-0.05, 0) is 24.1 Å². The molecule has 3 N–H and O–H groups in total. The third-order valence-corrected chi connectivity index (χ3v) is 1.94. The Hall–Kier alpha value is -1.88. The van der Waals surface area contributed by atoms with Crippen molar-refractivity contribution in [1.29, 1.82) is 0 Å². The summed E-state index contributed by atoms with van der Waals surface area (Å²) in [5, 5.41) is 9.05. The molecule has 0 heterocycles. The van der Waals surface area contributed by atoms with Crippen LogP contribution in [0.2, 0.25) is 0 Å². The Bertz CT molecular complexity index is 385. The minimum atomic E-state index is -0.881. The lowest BCUT2D eigenvalue weighted by Gasteiger charge is -2.09. The summed E-state index contributed by atoms with van der Waals surface area (Å²) in [6.07, 6.45) is 0.256. The van der Waals surface area contributed by atoms with Crippen LogP contribution in [0.25, 0.3) is 0 Å². The summed E-state index contributed by atoms with van der Waals surface area (Å²) >= 11 is 0. The van der Waals surface area contributed by atoms with Crippen LogP contribution < -0.4 is 5.73 Å². The molecule has 1 aromatic carbocycles. The van der Waals surface area contributed by atoms with E-state index in [0.29, 0.717) is 0 Å². The maximum absolute atomic E-state index is 11.2. The minimum absolute atomic E-state index is 0.142. The Morgan fingerprint density at radius 2 is 1.94 bits per heavy atom. The van der Waals surface area contributed by atoms with E-state index in [1.54, 1.807) is 12.1 Å². The van der Waals surface area contributed by atoms with E-state index in [9.17, 15) is 9.59 Å². The van der Waals surface area contributed by atoms with E-state index in [1.165, 1.54) is 12.1 Å². The first-order chi connectivity index (χ1) is 7.49. The van der Waals surface area contributed by atoms with Gasteiger partial charge in [-0.15, -0.1) is 0 Å². The van der Waals surface area contributed by atoms with Crippen LogP contribution >= 0.6 is 0 Å². The van der Waals surface area contributed by atoms with Crippen molar-refractivity contribution in [2.75, 3.05) is 0 Å². The molecule has 0 amide bonds. The number of phenolic OH excluding ortho intramolecular Hbond substituents is 1. The molecule has 0 saturated carbocycles. The highest BCUT2D eigenvalue weighted by Crippen LogP contribution is 2.11. The third kappa shape index (κ3) is 3.70. The van der Waals surface area contributed by atoms with Crippen LogP contribution in [-0.4, -0.2) is 23.1 Å². The predicted molar refractivity (Wildman–Crippen MR) is 56.6 cm³/mol. The molecule has 0 aliphatic carbocycles. The fourth-order valence-electron chi connectivity index (χ4n) is 1.19. The molecule has 0 unspecified atom stereocenters. The van der Waals surface area contributed by atoms with Crippen LogP contribution in [0, 0.1) is 0 Å². The largest absolute Gasteiger partial charge is 0.508 e. The van der Waals surface area contributed by atoms with Gasteiger partial charge in [-0.1, -0.05) is 12.1 Å². The highest BCUT2D eigenvalue weighted by Gasteiger charge is 2.17. The summed E-state index contributed by atoms with van der Waals surface area (Å²) in [4.78, 5) is 21.7. The first kappa shape index (κ1) is 12.2. The molecule has 5 nitrogen and oxygen atoms in total. The van der Waals surface area contributed by atoms with Crippen LogP contribution in [0.1, 0.15) is 12.5 Å². The highest BCUT2D eigenvalue weighted by atomic mass is 16.6. The summed E-state index contributed by atoms with van der Waals surface area (Å²) in [5.41, 5.74) is 6.33. The van der Waals surface area contributed by atoms with Crippen molar-refractivity contribution >= 4 is 11.9 Å². The zero-order chi connectivity index (χ0) is 12.1. The van der Waals surface area contributed by atoms with Gasteiger partial charge in [-0.25, -0.2) is 4.79 Å². The Kier molecular flexibility index (Phi) is 4.02. The number of carbonyl (C=O) groups excluding carboxylic acids is 2. The smallest absolute Gasteiger partial charge is 0.330 e. The fraction of sp³-hybridized carbons (Fsp3) is 0.273. The number of phenols is 1. The van der Waals surface area contributed by atoms with Gasteiger partial charge in [0.05, 0.1) is 0 Å². The first-order valence-electron chi connectivity index (χ1n) is 4.75. The number of rotatable bonds is 3. The Morgan fingerprint density at radius 3 is 2.44 bits per heavy atom. The van der Waals surface area contributed by atoms with Crippen LogP contribution in [-0.2, 0) is 20.7 Å². The molecule has 5 heteroatoms. The number of carbonyl (C=O) groups is 2. The van der Waals surface area contributed by atoms with Gasteiger partial charge in [-0.3, -0.25) is 4.79 Å². The van der Waals surface area contributed by atoms with Gasteiger partial charge in [-0.2, -0.15) is 0 Å². The SMILES string of the molecule is CC(=O)OC(=O)[C@@H](N)Cc1ccc(O)cc1. The van der Waals surface area contributed by atoms with E-state index in [2.05, 4.69) is 4.74 Å². The van der Waals surface area contributed by atoms with Crippen molar-refractivity contribution in [2.24, 2.45) is 5.73 Å². The van der Waals surface area contributed by atoms with Gasteiger partial charge in [0.1, 0.15) is 11.8 Å². The molecule has 0 aliphatic heterocycles. The summed E-state index contributed by atoms with van der Waals surface area (Å²) in [6, 6.07) is 5.41. The van der Waals surface area contributed by atoms with Crippen molar-refractivity contribution < 1.29 is 19.4 Å². The van der Waals surface area contributed by atoms with Gasteiger partial charge in [0.2, 0.25) is 0 Å². The predicted octanol–water partition coefficient (Wildman–Crippen LogP) is 0.352. The van der Waals surface area contributed by atoms with Gasteiger partial charge < -0.3 is 15.6 Å². The van der Waals surface area contributed by atoms with Crippen molar-refractivity contribution in [3.05, 3.63) is 29.8 Å². The number of hydrogen-bond acceptors (Lipinski definition) is 5. The number of esters is 2. The molecule has 0 aromatic heterocycles. The second-order valence-corrected chi connectivity index (χ2v) is 3.39. The van der Waals surface area contributed by atoms with E-state index in [-0.39, 0.29) is 12.2 Å². The minimum Gasteiger partial charge on any atom is -0.508 e. The summed E-state index contributed by atoms with van der Waals surface area (Å²) < 4.78 is 4.36. The summed E-state index contributed by atoms with van der Waals surface area (Å²) in [6.45, 7) is 1.14. The number of ether oxygens (including phenoxy) is 1. The molecule has 0 fully saturated rings. The van der Waals surface area contributed by atoms with Gasteiger partial charge in [0.15, 0.2) is 0 Å². The molecule has 86 valence electrons. The number of nitrogens with two attached hydrogens (primary N) is 1. The standard InChI is InChI=1S/C11H13NO4/c1-7(13)16-11(15)10(12)6-8-2-4-9(14)5-3-8/h2-5,10,14H,6,12H2,1H3/t10-/m0/s1. The molecule has 0 radical (unpaired) electrons. The molecule has 0 bridgehead atoms. The maximum atomic E-state index is 11.2. The van der Waals surface area contributed by atoms with E-state index in [4.69, 9.17) is 10.8 Å². The Morgan fingerprint density at radius 1 is 1.38 bits per heavy atom. The quantitative estimate of drug-likeness (QED) is 0.570. The normalized spacial score (nSPS) is 11.9. The molecular weight excluding hydrogens is 210 g/mol. The summed E-state index contributed by atoms with van der Waals surface area (Å²) in [5.74, 6) is -1.28. The van der Waals surface area contributed by atoms with Gasteiger partial charge in [0.25, 0.3) is 0 Å². The van der Waals surface area contributed by atoms with Gasteiger partial charge in [0, 0.05) is 6.92 Å². The van der Waals surface area contributed by atoms with Crippen molar-refractivity contribution in [3.63, 3.8) is 0 Å². The molecule has 16 heavy (non-hydrogen) atoms. The van der Waals surface area contributed by atoms with Crippen LogP contribution in [0.15, 0.2) is 24.3 Å². The van der Waals surface area contributed by atoms with Crippen molar-refractivity contribution in [3.8, 4) is 5.75 Å². The van der Waals surface area contributed by atoms with Crippen molar-refractivity contribution in [1.82, 2.24) is 0 Å². The maximum Gasteiger partial charge on any atom is 0.330 e. The molecular formula is C11H13NO4. The second-order valence-electron chi connectivity index (χ2n) is 3.39. The Labute approximate surface area is 92.8 Å². The molecule has 0 spiro atoms. The zero-order valence-corrected chi connectivity index (χ0v) is 8.84. The average Bonchev–Trinajstić information content (AvgIpc) is 2.20. The van der Waals surface area contributed by atoms with Gasteiger partial charge >= 0.3 is 11.9 Å². The first-order valence-corrected chi connectivity index (χ1v) is 4.75. The van der Waals surface area contributed by atoms with Crippen molar-refractivity contribution in [2.45, 2.75) is 19.4 Å². The average molecular weight is 223 g/mol. The lowest BCUT2D eigenvalue weighted by Crippen LogP contribution is -2.35. The van der Waals surface area contributed by atoms with E-state index in [0.717, 1.165) is 12.5 Å². The topological polar surface area (TPSA) is 89.6 Å². The molecule has 1 atom stereocenters. The lowest BCUT2D eigenvalue weighted by molar-refractivity contribution is -0.159. The molecule has 0 saturated heterocycles. The Balaban J connectivity index is 2.57. The third-order valence-electron chi connectivity index (χ3n) is 1.94. The summed E-state index contributed by atoms with van der Waals surface area (Å²) in [7, 11) is 0. The fourth-order valence-corrected chi connectivity index (χ4v) is 1.19. The molecule has 1 aromatic rings. The van der Waals surface area contributed by atoms with E-state index in [1.807, 2.05) is 0 Å².